The van der Waals surface area contributed by atoms with E-state index in [1.165, 1.54) is 30.0 Å². The average molecular weight is 340 g/mol. The fourth-order valence-corrected chi connectivity index (χ4v) is 2.88. The Bertz CT molecular complexity index is 858. The molecule has 1 aliphatic heterocycles. The summed E-state index contributed by atoms with van der Waals surface area (Å²) in [5.74, 6) is -1.13. The van der Waals surface area contributed by atoms with E-state index in [-0.39, 0.29) is 12.4 Å². The van der Waals surface area contributed by atoms with Crippen LogP contribution in [0.25, 0.3) is 0 Å². The van der Waals surface area contributed by atoms with Crippen LogP contribution in [0.2, 0.25) is 0 Å². The number of hydrogen-bond acceptors (Lipinski definition) is 4. The number of nitrogens with zero attached hydrogens (tertiary/aromatic N) is 2. The molecule has 0 radical (unpaired) electrons. The summed E-state index contributed by atoms with van der Waals surface area (Å²) in [6.45, 7) is 1.33. The molecule has 6 heteroatoms. The van der Waals surface area contributed by atoms with E-state index in [1.54, 1.807) is 24.3 Å². The minimum Gasteiger partial charge on any atom is -0.487 e. The van der Waals surface area contributed by atoms with Crippen molar-refractivity contribution in [1.29, 1.82) is 5.26 Å². The van der Waals surface area contributed by atoms with Gasteiger partial charge < -0.3 is 14.7 Å². The van der Waals surface area contributed by atoms with Gasteiger partial charge in [-0.25, -0.2) is 4.39 Å². The molecular formula is C19H17FN2O3. The highest BCUT2D eigenvalue weighted by molar-refractivity contribution is 6.01. The zero-order chi connectivity index (χ0) is 18.0. The summed E-state index contributed by atoms with van der Waals surface area (Å²) in [7, 11) is 0. The number of hydrogen-bond donors (Lipinski definition) is 1. The Kier molecular flexibility index (Phi) is 4.43. The maximum Gasteiger partial charge on any atom is 0.262 e. The average Bonchev–Trinajstić information content (AvgIpc) is 3.04. The molecule has 25 heavy (non-hydrogen) atoms. The maximum atomic E-state index is 13.6. The zero-order valence-corrected chi connectivity index (χ0v) is 13.7. The fraction of sp³-hybridized carbons (Fsp3) is 0.263. The Labute approximate surface area is 144 Å². The number of rotatable bonds is 4. The van der Waals surface area contributed by atoms with Crippen molar-refractivity contribution < 1.29 is 19.0 Å². The molecule has 1 aliphatic rings. The van der Waals surface area contributed by atoms with Crippen LogP contribution in [-0.4, -0.2) is 29.8 Å². The number of amides is 1. The zero-order valence-electron chi connectivity index (χ0n) is 13.7. The first-order valence-electron chi connectivity index (χ1n) is 7.88. The highest BCUT2D eigenvalue weighted by Gasteiger charge is 2.39. The summed E-state index contributed by atoms with van der Waals surface area (Å²) < 4.78 is 18.9. The monoisotopic (exact) mass is 340 g/mol. The SMILES string of the molecule is C[C@](O)(COc1ccccc1F)C(=O)N1CCc2c(C#N)cccc21. The van der Waals surface area contributed by atoms with E-state index in [0.29, 0.717) is 24.2 Å². The van der Waals surface area contributed by atoms with E-state index < -0.39 is 17.3 Å². The molecule has 1 heterocycles. The smallest absolute Gasteiger partial charge is 0.262 e. The Morgan fingerprint density at radius 1 is 1.36 bits per heavy atom. The van der Waals surface area contributed by atoms with Crippen LogP contribution < -0.4 is 9.64 Å². The van der Waals surface area contributed by atoms with Gasteiger partial charge in [-0.15, -0.1) is 0 Å². The molecule has 0 bridgehead atoms. The fourth-order valence-electron chi connectivity index (χ4n) is 2.88. The number of aliphatic hydroxyl groups is 1. The van der Waals surface area contributed by atoms with Crippen molar-refractivity contribution >= 4 is 11.6 Å². The van der Waals surface area contributed by atoms with Gasteiger partial charge in [-0.2, -0.15) is 5.26 Å². The summed E-state index contributed by atoms with van der Waals surface area (Å²) in [6, 6.07) is 13.1. The van der Waals surface area contributed by atoms with Crippen molar-refractivity contribution in [1.82, 2.24) is 0 Å². The first-order valence-corrected chi connectivity index (χ1v) is 7.88. The van der Waals surface area contributed by atoms with Gasteiger partial charge in [-0.3, -0.25) is 4.79 Å². The van der Waals surface area contributed by atoms with Crippen LogP contribution in [0, 0.1) is 17.1 Å². The van der Waals surface area contributed by atoms with Crippen molar-refractivity contribution in [2.75, 3.05) is 18.1 Å². The van der Waals surface area contributed by atoms with Crippen molar-refractivity contribution in [2.24, 2.45) is 0 Å². The summed E-state index contributed by atoms with van der Waals surface area (Å²) in [4.78, 5) is 14.2. The molecule has 0 saturated heterocycles. The molecule has 0 aromatic heterocycles. The summed E-state index contributed by atoms with van der Waals surface area (Å²) in [6.07, 6.45) is 0.551. The number of fused-ring (bicyclic) bond motifs is 1. The van der Waals surface area contributed by atoms with Crippen LogP contribution in [0.15, 0.2) is 42.5 Å². The van der Waals surface area contributed by atoms with Crippen molar-refractivity contribution in [3.05, 3.63) is 59.4 Å². The molecule has 0 fully saturated rings. The van der Waals surface area contributed by atoms with E-state index in [1.807, 2.05) is 0 Å². The first-order chi connectivity index (χ1) is 11.9. The van der Waals surface area contributed by atoms with E-state index in [9.17, 15) is 14.3 Å². The van der Waals surface area contributed by atoms with Gasteiger partial charge in [0.15, 0.2) is 17.2 Å². The second kappa shape index (κ2) is 6.54. The van der Waals surface area contributed by atoms with Gasteiger partial charge in [0.25, 0.3) is 5.91 Å². The lowest BCUT2D eigenvalue weighted by Gasteiger charge is -2.28. The topological polar surface area (TPSA) is 73.6 Å². The third-order valence-corrected chi connectivity index (χ3v) is 4.20. The van der Waals surface area contributed by atoms with Gasteiger partial charge in [0.1, 0.15) is 6.61 Å². The molecule has 2 aromatic rings. The minimum absolute atomic E-state index is 0.0239. The van der Waals surface area contributed by atoms with E-state index >= 15 is 0 Å². The molecule has 1 atom stereocenters. The minimum atomic E-state index is -1.83. The van der Waals surface area contributed by atoms with Crippen LogP contribution in [0.3, 0.4) is 0 Å². The molecule has 0 saturated carbocycles. The molecule has 1 N–H and O–H groups in total. The summed E-state index contributed by atoms with van der Waals surface area (Å²) in [5.41, 5.74) is 0.112. The van der Waals surface area contributed by atoms with Gasteiger partial charge in [0.05, 0.1) is 11.6 Å². The third kappa shape index (κ3) is 3.19. The molecule has 2 aromatic carbocycles. The highest BCUT2D eigenvalue weighted by Crippen LogP contribution is 2.32. The van der Waals surface area contributed by atoms with Gasteiger partial charge in [-0.05, 0) is 43.2 Å². The second-order valence-electron chi connectivity index (χ2n) is 6.11. The first kappa shape index (κ1) is 16.9. The van der Waals surface area contributed by atoms with Gasteiger partial charge in [-0.1, -0.05) is 18.2 Å². The Morgan fingerprint density at radius 3 is 2.84 bits per heavy atom. The summed E-state index contributed by atoms with van der Waals surface area (Å²) in [5, 5.41) is 19.7. The standard InChI is InChI=1S/C19H17FN2O3/c1-19(24,12-25-17-8-3-2-6-15(17)20)18(23)22-10-9-14-13(11-21)5-4-7-16(14)22/h2-8,24H,9-10,12H2,1H3/t19-/m0/s1. The van der Waals surface area contributed by atoms with Crippen LogP contribution >= 0.6 is 0 Å². The second-order valence-corrected chi connectivity index (χ2v) is 6.11. The molecule has 0 unspecified atom stereocenters. The van der Waals surface area contributed by atoms with Crippen molar-refractivity contribution in [2.45, 2.75) is 18.9 Å². The Hall–Kier alpha value is -2.91. The lowest BCUT2D eigenvalue weighted by molar-refractivity contribution is -0.137. The number of carbonyl (C=O) groups is 1. The van der Waals surface area contributed by atoms with Crippen molar-refractivity contribution in [3.63, 3.8) is 0 Å². The third-order valence-electron chi connectivity index (χ3n) is 4.20. The van der Waals surface area contributed by atoms with Gasteiger partial charge in [0.2, 0.25) is 0 Å². The largest absolute Gasteiger partial charge is 0.487 e. The number of para-hydroxylation sites is 1. The number of benzene rings is 2. The lowest BCUT2D eigenvalue weighted by Crippen LogP contribution is -2.50. The summed E-state index contributed by atoms with van der Waals surface area (Å²) >= 11 is 0. The molecule has 5 nitrogen and oxygen atoms in total. The highest BCUT2D eigenvalue weighted by atomic mass is 19.1. The van der Waals surface area contributed by atoms with Gasteiger partial charge in [0, 0.05) is 12.2 Å². The quantitative estimate of drug-likeness (QED) is 0.928. The van der Waals surface area contributed by atoms with Crippen molar-refractivity contribution in [3.8, 4) is 11.8 Å². The Balaban J connectivity index is 1.77. The predicted octanol–water partition coefficient (Wildman–Crippen LogP) is 2.42. The van der Waals surface area contributed by atoms with Crippen LogP contribution in [-0.2, 0) is 11.2 Å². The number of carbonyl (C=O) groups excluding carboxylic acids is 1. The van der Waals surface area contributed by atoms with Gasteiger partial charge >= 0.3 is 0 Å². The molecule has 128 valence electrons. The maximum absolute atomic E-state index is 13.6. The molecule has 0 aliphatic carbocycles. The number of halogens is 1. The van der Waals surface area contributed by atoms with E-state index in [2.05, 4.69) is 6.07 Å². The van der Waals surface area contributed by atoms with Crippen LogP contribution in [0.5, 0.6) is 5.75 Å². The molecule has 0 spiro atoms. The Morgan fingerprint density at radius 2 is 2.12 bits per heavy atom. The predicted molar refractivity (Wildman–Crippen MR) is 89.7 cm³/mol. The van der Waals surface area contributed by atoms with Crippen LogP contribution in [0.1, 0.15) is 18.1 Å². The molecular weight excluding hydrogens is 323 g/mol. The molecule has 1 amide bonds. The molecule has 3 rings (SSSR count). The number of anilines is 1. The normalized spacial score (nSPS) is 15.2. The number of ether oxygens (including phenoxy) is 1. The van der Waals surface area contributed by atoms with E-state index in [4.69, 9.17) is 10.00 Å². The van der Waals surface area contributed by atoms with E-state index in [0.717, 1.165) is 5.56 Å². The lowest BCUT2D eigenvalue weighted by atomic mass is 10.0. The number of nitriles is 1. The van der Waals surface area contributed by atoms with Crippen LogP contribution in [0.4, 0.5) is 10.1 Å².